The van der Waals surface area contributed by atoms with Gasteiger partial charge in [0.05, 0.1) is 11.0 Å². The van der Waals surface area contributed by atoms with Crippen molar-refractivity contribution in [3.05, 3.63) is 140 Å². The van der Waals surface area contributed by atoms with Crippen LogP contribution in [-0.2, 0) is 0 Å². The number of hydrogen-bond acceptors (Lipinski definition) is 1. The molecule has 2 heteroatoms. The number of anilines is 2. The summed E-state index contributed by atoms with van der Waals surface area (Å²) in [6.45, 7) is 0. The van der Waals surface area contributed by atoms with E-state index in [2.05, 4.69) is 156 Å². The van der Waals surface area contributed by atoms with Crippen LogP contribution < -0.4 is 4.90 Å². The Kier molecular flexibility index (Phi) is 5.04. The molecule has 0 aliphatic heterocycles. The number of benzene rings is 6. The van der Waals surface area contributed by atoms with E-state index in [0.29, 0.717) is 0 Å². The minimum Gasteiger partial charge on any atom is -0.345 e. The second-order valence-corrected chi connectivity index (χ2v) is 9.53. The summed E-state index contributed by atoms with van der Waals surface area (Å²) in [7, 11) is 2.11. The summed E-state index contributed by atoms with van der Waals surface area (Å²) in [5.41, 5.74) is 8.42. The molecule has 0 amide bonds. The van der Waals surface area contributed by atoms with Gasteiger partial charge < -0.3 is 9.47 Å². The van der Waals surface area contributed by atoms with Crippen molar-refractivity contribution in [3.8, 4) is 16.8 Å². The number of para-hydroxylation sites is 3. The minimum atomic E-state index is 1.16. The van der Waals surface area contributed by atoms with E-state index >= 15 is 0 Å². The molecule has 0 saturated heterocycles. The predicted octanol–water partition coefficient (Wildman–Crippen LogP) is 9.37. The third-order valence-corrected chi connectivity index (χ3v) is 7.38. The quantitative estimate of drug-likeness (QED) is 0.247. The van der Waals surface area contributed by atoms with Gasteiger partial charge >= 0.3 is 0 Å². The fourth-order valence-electron chi connectivity index (χ4n) is 5.49. The molecule has 0 radical (unpaired) electrons. The van der Waals surface area contributed by atoms with Gasteiger partial charge in [-0.3, -0.25) is 0 Å². The Morgan fingerprint density at radius 2 is 1.14 bits per heavy atom. The van der Waals surface area contributed by atoms with E-state index in [9.17, 15) is 0 Å². The van der Waals surface area contributed by atoms with E-state index in [1.807, 2.05) is 0 Å². The highest BCUT2D eigenvalue weighted by atomic mass is 15.1. The molecule has 0 aliphatic rings. The second kappa shape index (κ2) is 8.69. The van der Waals surface area contributed by atoms with Crippen molar-refractivity contribution in [2.24, 2.45) is 0 Å². The molecule has 0 bridgehead atoms. The van der Waals surface area contributed by atoms with Gasteiger partial charge in [-0.1, -0.05) is 91.0 Å². The Bertz CT molecular complexity index is 1860. The molecule has 176 valence electrons. The number of fused-ring (bicyclic) bond motifs is 4. The molecule has 2 nitrogen and oxygen atoms in total. The predicted molar refractivity (Wildman–Crippen MR) is 158 cm³/mol. The Balaban J connectivity index is 1.47. The number of rotatable bonds is 4. The molecular weight excluding hydrogens is 448 g/mol. The van der Waals surface area contributed by atoms with Crippen LogP contribution in [0.5, 0.6) is 0 Å². The van der Waals surface area contributed by atoms with Crippen LogP contribution in [0, 0.1) is 0 Å². The first kappa shape index (κ1) is 21.5. The van der Waals surface area contributed by atoms with Gasteiger partial charge in [-0.2, -0.15) is 0 Å². The number of hydrogen-bond donors (Lipinski definition) is 0. The molecule has 0 aliphatic carbocycles. The van der Waals surface area contributed by atoms with E-state index in [1.165, 1.54) is 55.1 Å². The van der Waals surface area contributed by atoms with Crippen LogP contribution in [0.2, 0.25) is 0 Å². The van der Waals surface area contributed by atoms with Crippen molar-refractivity contribution in [2.45, 2.75) is 0 Å². The molecule has 0 atom stereocenters. The van der Waals surface area contributed by atoms with Crippen LogP contribution in [-0.4, -0.2) is 11.6 Å². The molecule has 7 aromatic rings. The van der Waals surface area contributed by atoms with Gasteiger partial charge in [-0.15, -0.1) is 0 Å². The highest BCUT2D eigenvalue weighted by Gasteiger charge is 2.17. The van der Waals surface area contributed by atoms with Crippen molar-refractivity contribution in [3.63, 3.8) is 0 Å². The van der Waals surface area contributed by atoms with E-state index < -0.39 is 0 Å². The highest BCUT2D eigenvalue weighted by Crippen LogP contribution is 2.40. The summed E-state index contributed by atoms with van der Waals surface area (Å²) in [5.74, 6) is 0. The molecule has 0 fully saturated rings. The smallest absolute Gasteiger partial charge is 0.0619 e. The van der Waals surface area contributed by atoms with Gasteiger partial charge in [0.1, 0.15) is 0 Å². The Hall–Kier alpha value is -4.82. The second-order valence-electron chi connectivity index (χ2n) is 9.53. The Morgan fingerprint density at radius 3 is 1.86 bits per heavy atom. The van der Waals surface area contributed by atoms with Crippen molar-refractivity contribution < 1.29 is 0 Å². The summed E-state index contributed by atoms with van der Waals surface area (Å²) in [6.07, 6.45) is 0. The lowest BCUT2D eigenvalue weighted by molar-refractivity contribution is 1.18. The SMILES string of the molecule is CN(c1ccccc1)c1ccc(-c2cccc3c4cc5ccccc5cc4n(-c4ccccc4)c23)cc1. The van der Waals surface area contributed by atoms with Gasteiger partial charge in [0.15, 0.2) is 0 Å². The number of nitrogens with zero attached hydrogens (tertiary/aromatic N) is 2. The molecule has 6 aromatic carbocycles. The molecule has 0 unspecified atom stereocenters. The summed E-state index contributed by atoms with van der Waals surface area (Å²) in [6, 6.07) is 50.1. The summed E-state index contributed by atoms with van der Waals surface area (Å²) in [4.78, 5) is 2.22. The molecule has 7 rings (SSSR count). The first-order valence-corrected chi connectivity index (χ1v) is 12.7. The molecule has 37 heavy (non-hydrogen) atoms. The lowest BCUT2D eigenvalue weighted by atomic mass is 10.0. The van der Waals surface area contributed by atoms with Crippen molar-refractivity contribution in [1.29, 1.82) is 0 Å². The Labute approximate surface area is 216 Å². The van der Waals surface area contributed by atoms with Crippen LogP contribution in [0.4, 0.5) is 11.4 Å². The lowest BCUT2D eigenvalue weighted by Crippen LogP contribution is -2.08. The standard InChI is InChI=1S/C35H26N2/c1-36(28-13-4-2-5-14-28)29-21-19-25(20-22-29)31-17-10-18-32-33-23-26-11-8-9-12-27(26)24-34(33)37(35(31)32)30-15-6-3-7-16-30/h2-24H,1H3. The molecule has 0 spiro atoms. The van der Waals surface area contributed by atoms with E-state index in [0.717, 1.165) is 5.69 Å². The number of aromatic nitrogens is 1. The largest absolute Gasteiger partial charge is 0.345 e. The zero-order valence-electron chi connectivity index (χ0n) is 20.7. The zero-order chi connectivity index (χ0) is 24.8. The maximum atomic E-state index is 2.43. The maximum Gasteiger partial charge on any atom is 0.0619 e. The third kappa shape index (κ3) is 3.57. The van der Waals surface area contributed by atoms with E-state index in [4.69, 9.17) is 0 Å². The van der Waals surface area contributed by atoms with Crippen LogP contribution >= 0.6 is 0 Å². The summed E-state index contributed by atoms with van der Waals surface area (Å²) in [5, 5.41) is 5.07. The van der Waals surface area contributed by atoms with Crippen molar-refractivity contribution in [2.75, 3.05) is 11.9 Å². The third-order valence-electron chi connectivity index (χ3n) is 7.38. The molecule has 0 saturated carbocycles. The molecule has 1 heterocycles. The molecular formula is C35H26N2. The first-order valence-electron chi connectivity index (χ1n) is 12.7. The van der Waals surface area contributed by atoms with E-state index in [1.54, 1.807) is 0 Å². The van der Waals surface area contributed by atoms with E-state index in [-0.39, 0.29) is 0 Å². The summed E-state index contributed by atoms with van der Waals surface area (Å²) < 4.78 is 2.43. The Morgan fingerprint density at radius 1 is 0.514 bits per heavy atom. The average Bonchev–Trinajstić information content (AvgIpc) is 3.30. The van der Waals surface area contributed by atoms with Crippen LogP contribution in [0.25, 0.3) is 49.4 Å². The summed E-state index contributed by atoms with van der Waals surface area (Å²) >= 11 is 0. The lowest BCUT2D eigenvalue weighted by Gasteiger charge is -2.20. The van der Waals surface area contributed by atoms with Gasteiger partial charge in [-0.05, 0) is 64.9 Å². The topological polar surface area (TPSA) is 8.17 Å². The minimum absolute atomic E-state index is 1.16. The van der Waals surface area contributed by atoms with Crippen LogP contribution in [0.1, 0.15) is 0 Å². The van der Waals surface area contributed by atoms with Crippen molar-refractivity contribution >= 4 is 44.0 Å². The molecule has 1 aromatic heterocycles. The fourth-order valence-corrected chi connectivity index (χ4v) is 5.49. The van der Waals surface area contributed by atoms with Gasteiger partial charge in [-0.25, -0.2) is 0 Å². The van der Waals surface area contributed by atoms with Crippen molar-refractivity contribution in [1.82, 2.24) is 4.57 Å². The first-order chi connectivity index (χ1) is 18.3. The zero-order valence-corrected chi connectivity index (χ0v) is 20.7. The van der Waals surface area contributed by atoms with Gasteiger partial charge in [0.2, 0.25) is 0 Å². The van der Waals surface area contributed by atoms with Gasteiger partial charge in [0.25, 0.3) is 0 Å². The monoisotopic (exact) mass is 474 g/mol. The van der Waals surface area contributed by atoms with Gasteiger partial charge in [0, 0.05) is 40.4 Å². The average molecular weight is 475 g/mol. The normalized spacial score (nSPS) is 11.4. The maximum absolute atomic E-state index is 2.43. The molecule has 0 N–H and O–H groups in total. The fraction of sp³-hybridized carbons (Fsp3) is 0.0286. The van der Waals surface area contributed by atoms with Crippen LogP contribution in [0.3, 0.4) is 0 Å². The van der Waals surface area contributed by atoms with Crippen LogP contribution in [0.15, 0.2) is 140 Å². The highest BCUT2D eigenvalue weighted by molar-refractivity contribution is 6.16.